The van der Waals surface area contributed by atoms with Crippen molar-refractivity contribution in [2.24, 2.45) is 5.41 Å². The molecule has 2 bridgehead atoms. The highest BCUT2D eigenvalue weighted by Crippen LogP contribution is 2.60. The van der Waals surface area contributed by atoms with Crippen molar-refractivity contribution in [2.45, 2.75) is 96.3 Å². The second kappa shape index (κ2) is 11.1. The van der Waals surface area contributed by atoms with Crippen molar-refractivity contribution in [2.75, 3.05) is 6.61 Å². The average Bonchev–Trinajstić information content (AvgIpc) is 2.89. The van der Waals surface area contributed by atoms with Gasteiger partial charge in [-0.2, -0.15) is 10.5 Å². The Balaban J connectivity index is 1.58. The highest BCUT2D eigenvalue weighted by atomic mass is 35.5. The van der Waals surface area contributed by atoms with Crippen LogP contribution in [0.1, 0.15) is 108 Å². The minimum absolute atomic E-state index is 0.189. The number of benzene rings is 2. The molecule has 3 fully saturated rings. The molecule has 3 aliphatic rings. The van der Waals surface area contributed by atoms with Crippen LogP contribution in [0, 0.1) is 28.1 Å². The minimum Gasteiger partial charge on any atom is -0.492 e. The smallest absolute Gasteiger partial charge is 0.138 e. The molecule has 2 aromatic carbocycles. The Bertz CT molecular complexity index is 1120. The summed E-state index contributed by atoms with van der Waals surface area (Å²) in [7, 11) is 0. The van der Waals surface area contributed by atoms with Crippen LogP contribution in [0.4, 0.5) is 0 Å². The first kappa shape index (κ1) is 25.6. The first-order chi connectivity index (χ1) is 17.0. The molecule has 0 saturated heterocycles. The van der Waals surface area contributed by atoms with Crippen molar-refractivity contribution in [3.63, 3.8) is 0 Å². The molecule has 0 unspecified atom stereocenters. The molecule has 2 aromatic rings. The number of rotatable bonds is 10. The summed E-state index contributed by atoms with van der Waals surface area (Å²) in [5.41, 5.74) is 4.30. The van der Waals surface area contributed by atoms with Crippen LogP contribution in [0.3, 0.4) is 0 Å². The molecule has 3 saturated carbocycles. The predicted octanol–water partition coefficient (Wildman–Crippen LogP) is 9.10. The van der Waals surface area contributed by atoms with Gasteiger partial charge in [-0.1, -0.05) is 63.3 Å². The van der Waals surface area contributed by atoms with E-state index in [0.717, 1.165) is 29.0 Å². The van der Waals surface area contributed by atoms with Crippen molar-refractivity contribution in [3.05, 3.63) is 52.0 Å². The van der Waals surface area contributed by atoms with E-state index in [9.17, 15) is 10.5 Å². The third-order valence-corrected chi connectivity index (χ3v) is 9.02. The van der Waals surface area contributed by atoms with Crippen LogP contribution in [0.15, 0.2) is 30.3 Å². The lowest BCUT2D eigenvalue weighted by Crippen LogP contribution is -2.44. The van der Waals surface area contributed by atoms with Crippen molar-refractivity contribution in [3.8, 4) is 29.0 Å². The Morgan fingerprint density at radius 1 is 0.857 bits per heavy atom. The minimum atomic E-state index is 0.189. The van der Waals surface area contributed by atoms with E-state index in [4.69, 9.17) is 16.3 Å². The third-order valence-electron chi connectivity index (χ3n) is 8.71. The molecule has 5 rings (SSSR count). The van der Waals surface area contributed by atoms with E-state index in [2.05, 4.69) is 38.1 Å². The molecule has 0 aliphatic heterocycles. The van der Waals surface area contributed by atoms with Gasteiger partial charge < -0.3 is 4.74 Å². The van der Waals surface area contributed by atoms with Crippen LogP contribution < -0.4 is 4.74 Å². The zero-order valence-corrected chi connectivity index (χ0v) is 22.0. The van der Waals surface area contributed by atoms with E-state index in [1.54, 1.807) is 0 Å². The van der Waals surface area contributed by atoms with Gasteiger partial charge in [0.2, 0.25) is 0 Å². The summed E-state index contributed by atoms with van der Waals surface area (Å²) >= 11 is 6.95. The van der Waals surface area contributed by atoms with Gasteiger partial charge in [0.1, 0.15) is 23.5 Å². The van der Waals surface area contributed by atoms with Crippen molar-refractivity contribution < 1.29 is 4.74 Å². The normalized spacial score (nSPS) is 23.0. The first-order valence-electron chi connectivity index (χ1n) is 13.4. The van der Waals surface area contributed by atoms with Gasteiger partial charge in [0.15, 0.2) is 0 Å². The number of nitriles is 2. The average molecular weight is 489 g/mol. The Labute approximate surface area is 216 Å². The molecular weight excluding hydrogens is 452 g/mol. The zero-order valence-electron chi connectivity index (χ0n) is 21.3. The Kier molecular flexibility index (Phi) is 8.09. The summed E-state index contributed by atoms with van der Waals surface area (Å²) in [5, 5.41) is 20.5. The fourth-order valence-electron chi connectivity index (χ4n) is 6.40. The lowest BCUT2D eigenvalue weighted by molar-refractivity contribution is 0.0306. The lowest BCUT2D eigenvalue weighted by Gasteiger charge is -2.54. The zero-order chi connectivity index (χ0) is 24.9. The van der Waals surface area contributed by atoms with Crippen molar-refractivity contribution >= 4 is 11.6 Å². The third kappa shape index (κ3) is 5.08. The highest BCUT2D eigenvalue weighted by molar-refractivity contribution is 6.31. The highest BCUT2D eigenvalue weighted by Gasteiger charge is 2.49. The summed E-state index contributed by atoms with van der Waals surface area (Å²) in [6.07, 6.45) is 15.0. The van der Waals surface area contributed by atoms with Gasteiger partial charge in [0, 0.05) is 10.6 Å². The number of unbranched alkanes of at least 4 members (excludes halogenated alkanes) is 3. The van der Waals surface area contributed by atoms with E-state index in [1.165, 1.54) is 69.8 Å². The summed E-state index contributed by atoms with van der Waals surface area (Å²) in [6.45, 7) is 4.92. The summed E-state index contributed by atoms with van der Waals surface area (Å²) in [4.78, 5) is 0. The molecule has 184 valence electrons. The number of hydrogen-bond acceptors (Lipinski definition) is 3. The largest absolute Gasteiger partial charge is 0.492 e. The van der Waals surface area contributed by atoms with Gasteiger partial charge in [-0.25, -0.2) is 0 Å². The quantitative estimate of drug-likeness (QED) is 0.313. The molecular formula is C31H37ClN2O. The van der Waals surface area contributed by atoms with Crippen molar-refractivity contribution in [1.29, 1.82) is 10.5 Å². The Morgan fingerprint density at radius 3 is 2.14 bits per heavy atom. The van der Waals surface area contributed by atoms with Gasteiger partial charge in [0.25, 0.3) is 0 Å². The predicted molar refractivity (Wildman–Crippen MR) is 143 cm³/mol. The molecule has 35 heavy (non-hydrogen) atoms. The second-order valence-electron chi connectivity index (χ2n) is 10.7. The first-order valence-corrected chi connectivity index (χ1v) is 13.8. The summed E-state index contributed by atoms with van der Waals surface area (Å²) < 4.78 is 5.80. The van der Waals surface area contributed by atoms with Gasteiger partial charge in [-0.15, -0.1) is 0 Å². The van der Waals surface area contributed by atoms with Crippen LogP contribution in [-0.2, 0) is 5.41 Å². The van der Waals surface area contributed by atoms with Gasteiger partial charge in [0.05, 0.1) is 12.2 Å². The molecule has 4 heteroatoms. The number of hydrogen-bond donors (Lipinski definition) is 0. The van der Waals surface area contributed by atoms with E-state index in [1.807, 2.05) is 18.2 Å². The maximum Gasteiger partial charge on any atom is 0.138 e. The van der Waals surface area contributed by atoms with E-state index in [0.29, 0.717) is 28.9 Å². The number of halogens is 1. The summed E-state index contributed by atoms with van der Waals surface area (Å²) in [5.74, 6) is 0.481. The van der Waals surface area contributed by atoms with Gasteiger partial charge in [-0.05, 0) is 91.5 Å². The van der Waals surface area contributed by atoms with Crippen molar-refractivity contribution in [1.82, 2.24) is 0 Å². The number of fused-ring (bicyclic) bond motifs is 3. The maximum atomic E-state index is 9.91. The van der Waals surface area contributed by atoms with Crippen LogP contribution in [0.25, 0.3) is 11.1 Å². The van der Waals surface area contributed by atoms with Crippen LogP contribution in [0.2, 0.25) is 5.02 Å². The monoisotopic (exact) mass is 488 g/mol. The van der Waals surface area contributed by atoms with Crippen LogP contribution in [0.5, 0.6) is 5.75 Å². The number of nitrogens with zero attached hydrogens (tertiary/aromatic N) is 2. The van der Waals surface area contributed by atoms with E-state index in [-0.39, 0.29) is 5.41 Å². The molecule has 0 amide bonds. The second-order valence-corrected chi connectivity index (χ2v) is 11.1. The summed E-state index contributed by atoms with van der Waals surface area (Å²) in [6, 6.07) is 14.4. The topological polar surface area (TPSA) is 56.8 Å². The van der Waals surface area contributed by atoms with Crippen LogP contribution in [-0.4, -0.2) is 6.61 Å². The molecule has 0 spiro atoms. The molecule has 0 radical (unpaired) electrons. The van der Waals surface area contributed by atoms with E-state index < -0.39 is 0 Å². The molecule has 0 atom stereocenters. The Hall–Kier alpha value is -2.49. The van der Waals surface area contributed by atoms with Gasteiger partial charge in [-0.3, -0.25) is 0 Å². The molecule has 3 nitrogen and oxygen atoms in total. The van der Waals surface area contributed by atoms with Gasteiger partial charge >= 0.3 is 0 Å². The number of ether oxygens (including phenoxy) is 1. The fourth-order valence-corrected chi connectivity index (χ4v) is 6.78. The molecule has 0 heterocycles. The Morgan fingerprint density at radius 2 is 1.54 bits per heavy atom. The maximum absolute atomic E-state index is 9.91. The standard InChI is InChI=1S/C31H37ClN2O/c1-3-5-7-12-30-13-16-31(17-14-30,18-15-30)27-10-8-23(20-28(27)32)24-9-11-29(35-19-6-4-2)26(22-34)25(24)21-33/h8-11,20H,3-7,12-19H2,1-2H3. The molecule has 0 aromatic heterocycles. The van der Waals surface area contributed by atoms with Crippen LogP contribution >= 0.6 is 11.6 Å². The SMILES string of the molecule is CCCCCC12CCC(c3ccc(-c4ccc(OCCCC)c(C#N)c4C#N)cc3Cl)(CC1)CC2. The molecule has 0 N–H and O–H groups in total. The fraction of sp³-hybridized carbons (Fsp3) is 0.548. The lowest BCUT2D eigenvalue weighted by atomic mass is 9.51. The van der Waals surface area contributed by atoms with E-state index >= 15 is 0 Å². The molecule has 3 aliphatic carbocycles.